The summed E-state index contributed by atoms with van der Waals surface area (Å²) in [5, 5.41) is 13.3. The molecular weight excluding hydrogens is 292 g/mol. The van der Waals surface area contributed by atoms with E-state index in [0.29, 0.717) is 23.6 Å². The number of halogens is 1. The van der Waals surface area contributed by atoms with E-state index in [1.54, 1.807) is 18.2 Å². The van der Waals surface area contributed by atoms with Gasteiger partial charge in [0.1, 0.15) is 5.69 Å². The molecule has 3 rings (SSSR count). The Balaban J connectivity index is 1.81. The zero-order valence-electron chi connectivity index (χ0n) is 11.3. The summed E-state index contributed by atoms with van der Waals surface area (Å²) in [6.45, 7) is 0. The fourth-order valence-electron chi connectivity index (χ4n) is 2.77. The van der Waals surface area contributed by atoms with Crippen LogP contribution in [0.2, 0.25) is 5.02 Å². The average molecular weight is 307 g/mol. The Labute approximate surface area is 126 Å². The number of carboxylic acid groups (broad SMARTS) is 1. The first-order valence-electron chi connectivity index (χ1n) is 6.80. The van der Waals surface area contributed by atoms with Gasteiger partial charge in [0.05, 0.1) is 12.0 Å². The van der Waals surface area contributed by atoms with Crippen molar-refractivity contribution in [2.24, 2.45) is 0 Å². The maximum Gasteiger partial charge on any atom is 0.305 e. The fourth-order valence-corrected chi connectivity index (χ4v) is 2.94. The van der Waals surface area contributed by atoms with Gasteiger partial charge in [0.2, 0.25) is 0 Å². The quantitative estimate of drug-likeness (QED) is 0.812. The predicted octanol–water partition coefficient (Wildman–Crippen LogP) is 2.95. The second-order valence-electron chi connectivity index (χ2n) is 5.57. The molecule has 1 aromatic carbocycles. The molecule has 3 N–H and O–H groups in total. The number of H-pyrrole nitrogens is 1. The van der Waals surface area contributed by atoms with Crippen LogP contribution in [-0.2, 0) is 4.79 Å². The van der Waals surface area contributed by atoms with Gasteiger partial charge >= 0.3 is 5.97 Å². The number of carbonyl (C=O) groups is 2. The number of aromatic amines is 1. The van der Waals surface area contributed by atoms with Crippen LogP contribution in [0.15, 0.2) is 24.3 Å². The molecule has 2 aromatic rings. The number of aliphatic carboxylic acids is 1. The Kier molecular flexibility index (Phi) is 3.37. The molecule has 0 aliphatic heterocycles. The normalized spacial score (nSPS) is 16.4. The molecule has 21 heavy (non-hydrogen) atoms. The largest absolute Gasteiger partial charge is 0.481 e. The number of carbonyl (C=O) groups excluding carboxylic acids is 1. The molecule has 6 heteroatoms. The van der Waals surface area contributed by atoms with Crippen LogP contribution < -0.4 is 5.32 Å². The van der Waals surface area contributed by atoms with Crippen LogP contribution in [0.5, 0.6) is 0 Å². The third-order valence-corrected chi connectivity index (χ3v) is 4.24. The van der Waals surface area contributed by atoms with E-state index in [0.717, 1.165) is 17.3 Å². The van der Waals surface area contributed by atoms with Gasteiger partial charge in [-0.2, -0.15) is 0 Å². The van der Waals surface area contributed by atoms with Gasteiger partial charge in [0.15, 0.2) is 0 Å². The van der Waals surface area contributed by atoms with Crippen LogP contribution in [0.4, 0.5) is 0 Å². The molecule has 5 nitrogen and oxygen atoms in total. The molecule has 0 atom stereocenters. The number of rotatable bonds is 4. The number of fused-ring (bicyclic) bond motifs is 1. The minimum absolute atomic E-state index is 0.0369. The standard InChI is InChI=1S/C15H15ClN2O3/c16-10-3-2-9-6-12(17-11(9)7-10)14(21)18-15(4-1-5-15)8-13(19)20/h2-3,6-7,17H,1,4-5,8H2,(H,18,21)(H,19,20). The molecule has 0 bridgehead atoms. The minimum Gasteiger partial charge on any atom is -0.481 e. The highest BCUT2D eigenvalue weighted by Crippen LogP contribution is 2.35. The van der Waals surface area contributed by atoms with Crippen LogP contribution in [0.3, 0.4) is 0 Å². The summed E-state index contributed by atoms with van der Waals surface area (Å²) in [4.78, 5) is 26.3. The Morgan fingerprint density at radius 1 is 1.33 bits per heavy atom. The number of amides is 1. The number of hydrogen-bond donors (Lipinski definition) is 3. The van der Waals surface area contributed by atoms with Crippen molar-refractivity contribution in [2.75, 3.05) is 0 Å². The molecule has 1 fully saturated rings. The van der Waals surface area contributed by atoms with Crippen LogP contribution in [0, 0.1) is 0 Å². The smallest absolute Gasteiger partial charge is 0.305 e. The number of benzene rings is 1. The monoisotopic (exact) mass is 306 g/mol. The van der Waals surface area contributed by atoms with Gasteiger partial charge in [-0.05, 0) is 37.5 Å². The maximum absolute atomic E-state index is 12.3. The second kappa shape index (κ2) is 5.07. The summed E-state index contributed by atoms with van der Waals surface area (Å²) in [5.41, 5.74) is 0.607. The Morgan fingerprint density at radius 3 is 2.71 bits per heavy atom. The number of nitrogens with one attached hydrogen (secondary N) is 2. The van der Waals surface area contributed by atoms with Gasteiger partial charge in [0.25, 0.3) is 5.91 Å². The van der Waals surface area contributed by atoms with Crippen molar-refractivity contribution >= 4 is 34.4 Å². The molecular formula is C15H15ClN2O3. The molecule has 1 aliphatic carbocycles. The van der Waals surface area contributed by atoms with E-state index in [1.807, 2.05) is 6.07 Å². The lowest BCUT2D eigenvalue weighted by Gasteiger charge is -2.41. The van der Waals surface area contributed by atoms with Gasteiger partial charge in [-0.25, -0.2) is 0 Å². The third kappa shape index (κ3) is 2.74. The summed E-state index contributed by atoms with van der Waals surface area (Å²) in [5.74, 6) is -1.17. The molecule has 1 amide bonds. The van der Waals surface area contributed by atoms with Gasteiger partial charge in [-0.15, -0.1) is 0 Å². The third-order valence-electron chi connectivity index (χ3n) is 4.01. The number of aromatic nitrogens is 1. The van der Waals surface area contributed by atoms with E-state index in [-0.39, 0.29) is 12.3 Å². The van der Waals surface area contributed by atoms with Crippen molar-refractivity contribution in [3.63, 3.8) is 0 Å². The van der Waals surface area contributed by atoms with Crippen LogP contribution in [0.25, 0.3) is 10.9 Å². The van der Waals surface area contributed by atoms with Crippen LogP contribution in [-0.4, -0.2) is 27.5 Å². The molecule has 1 heterocycles. The van der Waals surface area contributed by atoms with E-state index in [4.69, 9.17) is 16.7 Å². The first kappa shape index (κ1) is 13.9. The van der Waals surface area contributed by atoms with Crippen molar-refractivity contribution < 1.29 is 14.7 Å². The van der Waals surface area contributed by atoms with Gasteiger partial charge < -0.3 is 15.4 Å². The van der Waals surface area contributed by atoms with Crippen molar-refractivity contribution in [3.8, 4) is 0 Å². The van der Waals surface area contributed by atoms with Crippen LogP contribution >= 0.6 is 11.6 Å². The molecule has 1 aliphatic rings. The van der Waals surface area contributed by atoms with E-state index >= 15 is 0 Å². The van der Waals surface area contributed by atoms with Gasteiger partial charge in [-0.1, -0.05) is 17.7 Å². The lowest BCUT2D eigenvalue weighted by Crippen LogP contribution is -2.54. The molecule has 0 spiro atoms. The van der Waals surface area contributed by atoms with Crippen molar-refractivity contribution in [3.05, 3.63) is 35.0 Å². The summed E-state index contributed by atoms with van der Waals surface area (Å²) in [6, 6.07) is 7.09. The van der Waals surface area contributed by atoms with E-state index in [2.05, 4.69) is 10.3 Å². The average Bonchev–Trinajstić information content (AvgIpc) is 2.78. The molecule has 1 aromatic heterocycles. The van der Waals surface area contributed by atoms with E-state index < -0.39 is 11.5 Å². The lowest BCUT2D eigenvalue weighted by atomic mass is 9.74. The second-order valence-corrected chi connectivity index (χ2v) is 6.01. The first-order valence-corrected chi connectivity index (χ1v) is 7.18. The SMILES string of the molecule is O=C(O)CC1(NC(=O)c2cc3ccc(Cl)cc3[nH]2)CCC1. The van der Waals surface area contributed by atoms with Crippen molar-refractivity contribution in [1.29, 1.82) is 0 Å². The highest BCUT2D eigenvalue weighted by Gasteiger charge is 2.40. The number of hydrogen-bond acceptors (Lipinski definition) is 2. The maximum atomic E-state index is 12.3. The zero-order valence-corrected chi connectivity index (χ0v) is 12.0. The van der Waals surface area contributed by atoms with E-state index in [1.165, 1.54) is 0 Å². The Bertz CT molecular complexity index is 719. The Hall–Kier alpha value is -2.01. The topological polar surface area (TPSA) is 82.2 Å². The van der Waals surface area contributed by atoms with Crippen molar-refractivity contribution in [1.82, 2.24) is 10.3 Å². The molecule has 110 valence electrons. The minimum atomic E-state index is -0.890. The number of carboxylic acids is 1. The molecule has 0 unspecified atom stereocenters. The summed E-state index contributed by atoms with van der Waals surface area (Å²) in [7, 11) is 0. The summed E-state index contributed by atoms with van der Waals surface area (Å²) >= 11 is 5.92. The molecule has 0 radical (unpaired) electrons. The fraction of sp³-hybridized carbons (Fsp3) is 0.333. The van der Waals surface area contributed by atoms with E-state index in [9.17, 15) is 9.59 Å². The highest BCUT2D eigenvalue weighted by atomic mass is 35.5. The van der Waals surface area contributed by atoms with Gasteiger partial charge in [0, 0.05) is 15.9 Å². The lowest BCUT2D eigenvalue weighted by molar-refractivity contribution is -0.139. The summed E-state index contributed by atoms with van der Waals surface area (Å²) < 4.78 is 0. The highest BCUT2D eigenvalue weighted by molar-refractivity contribution is 6.31. The Morgan fingerprint density at radius 2 is 2.10 bits per heavy atom. The zero-order chi connectivity index (χ0) is 15.0. The van der Waals surface area contributed by atoms with Crippen LogP contribution in [0.1, 0.15) is 36.2 Å². The first-order chi connectivity index (χ1) is 9.97. The predicted molar refractivity (Wildman–Crippen MR) is 79.6 cm³/mol. The van der Waals surface area contributed by atoms with Gasteiger partial charge in [-0.3, -0.25) is 9.59 Å². The molecule has 1 saturated carbocycles. The summed E-state index contributed by atoms with van der Waals surface area (Å²) in [6.07, 6.45) is 2.31. The molecule has 0 saturated heterocycles. The van der Waals surface area contributed by atoms with Crippen molar-refractivity contribution in [2.45, 2.75) is 31.2 Å².